The molecule has 0 aliphatic heterocycles. The first-order chi connectivity index (χ1) is 18.0. The largest absolute Gasteiger partial charge is 0.378 e. The van der Waals surface area contributed by atoms with Crippen LogP contribution in [0.5, 0.6) is 0 Å². The zero-order chi connectivity index (χ0) is 26.1. The lowest BCUT2D eigenvalue weighted by molar-refractivity contribution is -0.145. The summed E-state index contributed by atoms with van der Waals surface area (Å²) in [6.07, 6.45) is 31.4. The van der Waals surface area contributed by atoms with Gasteiger partial charge >= 0.3 is 0 Å². The number of carbonyl (C=O) groups excluding carboxylic acids is 1. The van der Waals surface area contributed by atoms with Crippen LogP contribution >= 0.6 is 0 Å². The molecule has 4 aliphatic carbocycles. The highest BCUT2D eigenvalue weighted by Gasteiger charge is 2.60. The Morgan fingerprint density at radius 1 is 0.676 bits per heavy atom. The molecule has 4 aliphatic rings. The maximum atomic E-state index is 12.2. The van der Waals surface area contributed by atoms with E-state index in [2.05, 4.69) is 20.8 Å². The van der Waals surface area contributed by atoms with Crippen LogP contribution in [0.4, 0.5) is 0 Å². The van der Waals surface area contributed by atoms with Crippen molar-refractivity contribution in [2.75, 3.05) is 6.61 Å². The molecular formula is C35H62O2. The van der Waals surface area contributed by atoms with E-state index in [1.54, 1.807) is 0 Å². The Hall–Kier alpha value is -0.370. The molecule has 0 aromatic heterocycles. The Morgan fingerprint density at radius 3 is 1.92 bits per heavy atom. The van der Waals surface area contributed by atoms with Crippen molar-refractivity contribution in [1.29, 1.82) is 0 Å². The minimum atomic E-state index is 0.408. The topological polar surface area (TPSA) is 26.3 Å². The third-order valence-corrected chi connectivity index (χ3v) is 12.2. The molecule has 0 heterocycles. The molecule has 2 heteroatoms. The molecule has 7 atom stereocenters. The first kappa shape index (κ1) is 29.6. The number of Topliss-reactive ketones (excluding diaryl/α,β-unsaturated/α-hetero) is 1. The van der Waals surface area contributed by atoms with E-state index >= 15 is 0 Å². The minimum Gasteiger partial charge on any atom is -0.378 e. The number of carbonyl (C=O) groups is 1. The summed E-state index contributed by atoms with van der Waals surface area (Å²) in [5, 5.41) is 0. The van der Waals surface area contributed by atoms with Gasteiger partial charge < -0.3 is 4.74 Å². The van der Waals surface area contributed by atoms with Crippen molar-refractivity contribution in [2.24, 2.45) is 34.5 Å². The van der Waals surface area contributed by atoms with E-state index in [4.69, 9.17) is 4.74 Å². The molecule has 0 N–H and O–H groups in total. The number of rotatable bonds is 16. The Kier molecular flexibility index (Phi) is 11.5. The van der Waals surface area contributed by atoms with Crippen LogP contribution in [0.2, 0.25) is 0 Å². The Morgan fingerprint density at radius 2 is 1.27 bits per heavy atom. The fourth-order valence-electron chi connectivity index (χ4n) is 9.79. The fraction of sp³-hybridized carbons (Fsp3) is 0.971. The van der Waals surface area contributed by atoms with Gasteiger partial charge in [-0.3, -0.25) is 4.79 Å². The van der Waals surface area contributed by atoms with E-state index in [1.165, 1.54) is 135 Å². The van der Waals surface area contributed by atoms with Gasteiger partial charge in [0, 0.05) is 19.4 Å². The van der Waals surface area contributed by atoms with Gasteiger partial charge in [-0.05, 0) is 85.9 Å². The number of hydrogen-bond acceptors (Lipinski definition) is 2. The summed E-state index contributed by atoms with van der Waals surface area (Å²) in [6, 6.07) is 0. The molecule has 0 radical (unpaired) electrons. The van der Waals surface area contributed by atoms with Crippen LogP contribution in [0.1, 0.15) is 168 Å². The second-order valence-corrected chi connectivity index (χ2v) is 14.5. The van der Waals surface area contributed by atoms with E-state index in [0.717, 1.165) is 37.2 Å². The first-order valence-corrected chi connectivity index (χ1v) is 17.1. The zero-order valence-electron chi connectivity index (χ0n) is 25.2. The minimum absolute atomic E-state index is 0.408. The molecular weight excluding hydrogens is 452 g/mol. The van der Waals surface area contributed by atoms with Crippen molar-refractivity contribution < 1.29 is 9.53 Å². The highest BCUT2D eigenvalue weighted by atomic mass is 16.5. The molecule has 4 fully saturated rings. The number of ketones is 1. The quantitative estimate of drug-likeness (QED) is 0.191. The molecule has 0 aromatic rings. The van der Waals surface area contributed by atoms with Crippen LogP contribution in [-0.4, -0.2) is 18.5 Å². The highest BCUT2D eigenvalue weighted by Crippen LogP contribution is 2.66. The van der Waals surface area contributed by atoms with Gasteiger partial charge in [0.25, 0.3) is 0 Å². The second-order valence-electron chi connectivity index (χ2n) is 14.5. The van der Waals surface area contributed by atoms with Gasteiger partial charge in [0.15, 0.2) is 0 Å². The van der Waals surface area contributed by atoms with Crippen LogP contribution in [0.25, 0.3) is 0 Å². The standard InChI is InChI=1S/C35H62O2/c1-4-5-6-7-8-9-10-11-12-13-14-15-16-17-26-37-33-21-20-31-30-19-18-28-27-29(36)22-24-34(28,2)32(30)23-25-35(31,33)3/h28,30-33H,4-27H2,1-3H3/t28?,30-,31-,32+,33?,34-,35-/m0/s1. The monoisotopic (exact) mass is 514 g/mol. The molecule has 4 saturated carbocycles. The van der Waals surface area contributed by atoms with Gasteiger partial charge in [0.05, 0.1) is 6.10 Å². The van der Waals surface area contributed by atoms with Crippen molar-refractivity contribution in [2.45, 2.75) is 175 Å². The van der Waals surface area contributed by atoms with Crippen LogP contribution in [0.3, 0.4) is 0 Å². The molecule has 0 amide bonds. The third kappa shape index (κ3) is 7.24. The third-order valence-electron chi connectivity index (χ3n) is 12.2. The van der Waals surface area contributed by atoms with Crippen molar-refractivity contribution in [1.82, 2.24) is 0 Å². The molecule has 4 rings (SSSR count). The van der Waals surface area contributed by atoms with Gasteiger partial charge in [-0.1, -0.05) is 104 Å². The lowest BCUT2D eigenvalue weighted by atomic mass is 9.45. The van der Waals surface area contributed by atoms with Crippen LogP contribution in [-0.2, 0) is 9.53 Å². The molecule has 0 bridgehead atoms. The maximum Gasteiger partial charge on any atom is 0.133 e. The molecule has 0 saturated heterocycles. The predicted molar refractivity (Wildman–Crippen MR) is 157 cm³/mol. The van der Waals surface area contributed by atoms with Crippen LogP contribution in [0, 0.1) is 34.5 Å². The van der Waals surface area contributed by atoms with Crippen LogP contribution < -0.4 is 0 Å². The van der Waals surface area contributed by atoms with Crippen molar-refractivity contribution in [3.8, 4) is 0 Å². The molecule has 37 heavy (non-hydrogen) atoms. The summed E-state index contributed by atoms with van der Waals surface area (Å²) < 4.78 is 6.66. The van der Waals surface area contributed by atoms with E-state index in [9.17, 15) is 4.79 Å². The molecule has 0 spiro atoms. The first-order valence-electron chi connectivity index (χ1n) is 17.1. The zero-order valence-corrected chi connectivity index (χ0v) is 25.2. The molecule has 2 unspecified atom stereocenters. The van der Waals surface area contributed by atoms with Crippen molar-refractivity contribution in [3.63, 3.8) is 0 Å². The summed E-state index contributed by atoms with van der Waals surface area (Å²) >= 11 is 0. The number of unbranched alkanes of at least 4 members (excludes halogenated alkanes) is 13. The van der Waals surface area contributed by atoms with Crippen molar-refractivity contribution >= 4 is 5.78 Å². The van der Waals surface area contributed by atoms with E-state index in [-0.39, 0.29) is 0 Å². The average molecular weight is 515 g/mol. The molecule has 0 aromatic carbocycles. The Labute approximate surface area is 230 Å². The summed E-state index contributed by atoms with van der Waals surface area (Å²) in [4.78, 5) is 12.2. The lowest BCUT2D eigenvalue weighted by Crippen LogP contribution is -2.54. The number of ether oxygens (including phenoxy) is 1. The van der Waals surface area contributed by atoms with Gasteiger partial charge in [0.1, 0.15) is 5.78 Å². The predicted octanol–water partition coefficient (Wildman–Crippen LogP) is 10.5. The number of fused-ring (bicyclic) bond motifs is 5. The summed E-state index contributed by atoms with van der Waals surface area (Å²) in [7, 11) is 0. The lowest BCUT2D eigenvalue weighted by Gasteiger charge is -2.60. The Bertz CT molecular complexity index is 687. The smallest absolute Gasteiger partial charge is 0.133 e. The van der Waals surface area contributed by atoms with E-state index < -0.39 is 0 Å². The highest BCUT2D eigenvalue weighted by molar-refractivity contribution is 5.79. The van der Waals surface area contributed by atoms with E-state index in [1.807, 2.05) is 0 Å². The average Bonchev–Trinajstić information content (AvgIpc) is 3.23. The second kappa shape index (κ2) is 14.3. The fourth-order valence-corrected chi connectivity index (χ4v) is 9.79. The normalized spacial score (nSPS) is 37.3. The van der Waals surface area contributed by atoms with Gasteiger partial charge in [-0.25, -0.2) is 0 Å². The Balaban J connectivity index is 1.07. The summed E-state index contributed by atoms with van der Waals surface area (Å²) in [5.74, 6) is 3.83. The van der Waals surface area contributed by atoms with Gasteiger partial charge in [-0.15, -0.1) is 0 Å². The SMILES string of the molecule is CCCCCCCCCCCCCCCCOC1CC[C@H]2[C@@H]3CCC4CC(=O)CC[C@]4(C)[C@@H]3CC[C@]12C. The summed E-state index contributed by atoms with van der Waals surface area (Å²) in [6.45, 7) is 8.45. The maximum absolute atomic E-state index is 12.2. The van der Waals surface area contributed by atoms with Crippen LogP contribution in [0.15, 0.2) is 0 Å². The molecule has 2 nitrogen and oxygen atoms in total. The van der Waals surface area contributed by atoms with Gasteiger partial charge in [0.2, 0.25) is 0 Å². The summed E-state index contributed by atoms with van der Waals surface area (Å²) in [5.41, 5.74) is 0.843. The number of hydrogen-bond donors (Lipinski definition) is 0. The van der Waals surface area contributed by atoms with Crippen molar-refractivity contribution in [3.05, 3.63) is 0 Å². The molecule has 214 valence electrons. The van der Waals surface area contributed by atoms with E-state index in [0.29, 0.717) is 28.6 Å². The van der Waals surface area contributed by atoms with Gasteiger partial charge in [-0.2, -0.15) is 0 Å².